The lowest BCUT2D eigenvalue weighted by molar-refractivity contribution is -0.137. The van der Waals surface area contributed by atoms with Gasteiger partial charge >= 0.3 is 0 Å². The molecule has 3 fully saturated rings. The summed E-state index contributed by atoms with van der Waals surface area (Å²) in [6.07, 6.45) is 2.16. The summed E-state index contributed by atoms with van der Waals surface area (Å²) in [5, 5.41) is 0. The molecule has 3 aliphatic heterocycles. The fraction of sp³-hybridized carbons (Fsp3) is 0.619. The Kier molecular flexibility index (Phi) is 5.74. The lowest BCUT2D eigenvalue weighted by atomic mass is 10.1. The highest BCUT2D eigenvalue weighted by atomic mass is 16.5. The Labute approximate surface area is 161 Å². The molecular weight excluding hydrogens is 342 g/mol. The quantitative estimate of drug-likeness (QED) is 0.802. The van der Waals surface area contributed by atoms with Crippen molar-refractivity contribution in [2.24, 2.45) is 5.92 Å². The van der Waals surface area contributed by atoms with Gasteiger partial charge in [-0.25, -0.2) is 0 Å². The Bertz CT molecular complexity index is 652. The van der Waals surface area contributed by atoms with Crippen molar-refractivity contribution < 1.29 is 14.3 Å². The van der Waals surface area contributed by atoms with E-state index in [1.165, 1.54) is 5.56 Å². The van der Waals surface area contributed by atoms with Gasteiger partial charge in [-0.2, -0.15) is 0 Å². The number of ether oxygens (including phenoxy) is 1. The lowest BCUT2D eigenvalue weighted by Crippen LogP contribution is -2.50. The summed E-state index contributed by atoms with van der Waals surface area (Å²) in [5.74, 6) is 0.140. The molecule has 27 heavy (non-hydrogen) atoms. The van der Waals surface area contributed by atoms with E-state index < -0.39 is 0 Å². The highest BCUT2D eigenvalue weighted by Crippen LogP contribution is 2.26. The molecule has 0 N–H and O–H groups in total. The number of likely N-dealkylation sites (tertiary alicyclic amines) is 1. The minimum Gasteiger partial charge on any atom is -0.381 e. The zero-order valence-electron chi connectivity index (χ0n) is 15.9. The molecule has 0 aliphatic carbocycles. The molecule has 6 nitrogen and oxygen atoms in total. The summed E-state index contributed by atoms with van der Waals surface area (Å²) in [7, 11) is 0. The first-order chi connectivity index (χ1) is 13.2. The van der Waals surface area contributed by atoms with Crippen LogP contribution in [0.4, 0.5) is 0 Å². The van der Waals surface area contributed by atoms with Crippen molar-refractivity contribution in [3.63, 3.8) is 0 Å². The van der Waals surface area contributed by atoms with Gasteiger partial charge in [0.05, 0.1) is 5.92 Å². The van der Waals surface area contributed by atoms with Gasteiger partial charge in [0.2, 0.25) is 11.8 Å². The summed E-state index contributed by atoms with van der Waals surface area (Å²) >= 11 is 0. The van der Waals surface area contributed by atoms with Crippen LogP contribution in [0.2, 0.25) is 0 Å². The second kappa shape index (κ2) is 8.40. The third kappa shape index (κ3) is 4.33. The summed E-state index contributed by atoms with van der Waals surface area (Å²) in [6, 6.07) is 10.7. The molecule has 1 aromatic rings. The normalized spacial score (nSPS) is 25.2. The predicted molar refractivity (Wildman–Crippen MR) is 102 cm³/mol. The lowest BCUT2D eigenvalue weighted by Gasteiger charge is -2.36. The Morgan fingerprint density at radius 1 is 1.04 bits per heavy atom. The molecule has 0 spiro atoms. The smallest absolute Gasteiger partial charge is 0.228 e. The van der Waals surface area contributed by atoms with Gasteiger partial charge in [0, 0.05) is 64.9 Å². The molecule has 0 aromatic heterocycles. The van der Waals surface area contributed by atoms with Crippen LogP contribution in [0.1, 0.15) is 24.8 Å². The number of amides is 2. The van der Waals surface area contributed by atoms with Crippen LogP contribution in [-0.4, -0.2) is 78.5 Å². The van der Waals surface area contributed by atoms with Gasteiger partial charge in [-0.3, -0.25) is 14.5 Å². The molecule has 3 aliphatic rings. The van der Waals surface area contributed by atoms with Crippen molar-refractivity contribution in [1.82, 2.24) is 14.7 Å². The van der Waals surface area contributed by atoms with E-state index in [4.69, 9.17) is 4.74 Å². The zero-order valence-corrected chi connectivity index (χ0v) is 15.9. The topological polar surface area (TPSA) is 53.1 Å². The summed E-state index contributed by atoms with van der Waals surface area (Å²) < 4.78 is 5.40. The van der Waals surface area contributed by atoms with Gasteiger partial charge in [-0.1, -0.05) is 30.3 Å². The monoisotopic (exact) mass is 371 g/mol. The standard InChI is InChI=1S/C21H29N3O3/c25-20-14-18(16-24(20)19-6-12-27-13-7-19)21(26)23-10-8-22(9-11-23)15-17-4-2-1-3-5-17/h1-5,18-19H,6-16H2. The van der Waals surface area contributed by atoms with E-state index in [0.29, 0.717) is 13.0 Å². The molecule has 0 saturated carbocycles. The van der Waals surface area contributed by atoms with Gasteiger partial charge in [0.1, 0.15) is 0 Å². The van der Waals surface area contributed by atoms with Crippen LogP contribution in [0.15, 0.2) is 30.3 Å². The van der Waals surface area contributed by atoms with Crippen LogP contribution in [0, 0.1) is 5.92 Å². The van der Waals surface area contributed by atoms with Crippen LogP contribution in [0.3, 0.4) is 0 Å². The number of carbonyl (C=O) groups is 2. The average molecular weight is 371 g/mol. The highest BCUT2D eigenvalue weighted by molar-refractivity contribution is 5.89. The largest absolute Gasteiger partial charge is 0.381 e. The van der Waals surface area contributed by atoms with Crippen molar-refractivity contribution in [2.45, 2.75) is 31.8 Å². The van der Waals surface area contributed by atoms with Crippen LogP contribution >= 0.6 is 0 Å². The number of nitrogens with zero attached hydrogens (tertiary/aromatic N) is 3. The zero-order chi connectivity index (χ0) is 18.6. The van der Waals surface area contributed by atoms with Crippen LogP contribution in [-0.2, 0) is 20.9 Å². The highest BCUT2D eigenvalue weighted by Gasteiger charge is 2.40. The van der Waals surface area contributed by atoms with Crippen molar-refractivity contribution in [3.05, 3.63) is 35.9 Å². The molecule has 3 heterocycles. The molecule has 1 atom stereocenters. The molecule has 1 aromatic carbocycles. The maximum atomic E-state index is 12.9. The van der Waals surface area contributed by atoms with Gasteiger partial charge in [0.15, 0.2) is 0 Å². The van der Waals surface area contributed by atoms with E-state index in [1.807, 2.05) is 15.9 Å². The second-order valence-corrected chi connectivity index (χ2v) is 7.88. The minimum atomic E-state index is -0.166. The first-order valence-corrected chi connectivity index (χ1v) is 10.1. The fourth-order valence-electron chi connectivity index (χ4n) is 4.47. The van der Waals surface area contributed by atoms with Gasteiger partial charge in [0.25, 0.3) is 0 Å². The Balaban J connectivity index is 1.27. The third-order valence-corrected chi connectivity index (χ3v) is 6.07. The van der Waals surface area contributed by atoms with E-state index >= 15 is 0 Å². The predicted octanol–water partition coefficient (Wildman–Crippen LogP) is 1.36. The molecule has 1 unspecified atom stereocenters. The molecule has 4 rings (SSSR count). The SMILES string of the molecule is O=C(C1CC(=O)N(C2CCOCC2)C1)N1CCN(Cc2ccccc2)CC1. The molecule has 3 saturated heterocycles. The Morgan fingerprint density at radius 3 is 2.44 bits per heavy atom. The van der Waals surface area contributed by atoms with Crippen LogP contribution in [0.25, 0.3) is 0 Å². The number of rotatable bonds is 4. The second-order valence-electron chi connectivity index (χ2n) is 7.88. The maximum absolute atomic E-state index is 12.9. The molecule has 2 amide bonds. The first-order valence-electron chi connectivity index (χ1n) is 10.1. The minimum absolute atomic E-state index is 0.142. The number of benzene rings is 1. The summed E-state index contributed by atoms with van der Waals surface area (Å²) in [4.78, 5) is 31.7. The number of hydrogen-bond donors (Lipinski definition) is 0. The number of carbonyl (C=O) groups excluding carboxylic acids is 2. The van der Waals surface area contributed by atoms with Gasteiger partial charge in [-0.15, -0.1) is 0 Å². The van der Waals surface area contributed by atoms with E-state index in [-0.39, 0.29) is 23.8 Å². The van der Waals surface area contributed by atoms with E-state index in [9.17, 15) is 9.59 Å². The average Bonchev–Trinajstić information content (AvgIpc) is 3.11. The van der Waals surface area contributed by atoms with Crippen LogP contribution in [0.5, 0.6) is 0 Å². The summed E-state index contributed by atoms with van der Waals surface area (Å²) in [5.41, 5.74) is 1.31. The molecule has 6 heteroatoms. The fourth-order valence-corrected chi connectivity index (χ4v) is 4.47. The Hall–Kier alpha value is -1.92. The van der Waals surface area contributed by atoms with Gasteiger partial charge < -0.3 is 14.5 Å². The van der Waals surface area contributed by atoms with E-state index in [2.05, 4.69) is 29.2 Å². The molecule has 0 bridgehead atoms. The van der Waals surface area contributed by atoms with Crippen molar-refractivity contribution in [1.29, 1.82) is 0 Å². The molecular formula is C21H29N3O3. The summed E-state index contributed by atoms with van der Waals surface area (Å²) in [6.45, 7) is 6.26. The Morgan fingerprint density at radius 2 is 1.74 bits per heavy atom. The third-order valence-electron chi connectivity index (χ3n) is 6.07. The van der Waals surface area contributed by atoms with E-state index in [0.717, 1.165) is 58.8 Å². The number of hydrogen-bond acceptors (Lipinski definition) is 4. The van der Waals surface area contributed by atoms with Gasteiger partial charge in [-0.05, 0) is 18.4 Å². The first kappa shape index (κ1) is 18.4. The van der Waals surface area contributed by atoms with Crippen molar-refractivity contribution in [2.75, 3.05) is 45.9 Å². The molecule has 146 valence electrons. The maximum Gasteiger partial charge on any atom is 0.228 e. The van der Waals surface area contributed by atoms with Crippen molar-refractivity contribution >= 4 is 11.8 Å². The number of piperazine rings is 1. The van der Waals surface area contributed by atoms with E-state index in [1.54, 1.807) is 0 Å². The molecule has 0 radical (unpaired) electrons. The van der Waals surface area contributed by atoms with Crippen LogP contribution < -0.4 is 0 Å². The van der Waals surface area contributed by atoms with Crippen molar-refractivity contribution in [3.8, 4) is 0 Å².